The van der Waals surface area contributed by atoms with Crippen LogP contribution in [0.15, 0.2) is 23.7 Å². The van der Waals surface area contributed by atoms with Gasteiger partial charge in [-0.05, 0) is 19.1 Å². The third-order valence-corrected chi connectivity index (χ3v) is 5.10. The van der Waals surface area contributed by atoms with Crippen molar-refractivity contribution < 1.29 is 9.59 Å². The Balaban J connectivity index is 1.73. The van der Waals surface area contributed by atoms with Crippen molar-refractivity contribution in [2.75, 3.05) is 10.6 Å². The first-order valence-electron chi connectivity index (χ1n) is 7.62. The Hall–Kier alpha value is -2.85. The van der Waals surface area contributed by atoms with Crippen molar-refractivity contribution in [1.29, 1.82) is 0 Å². The van der Waals surface area contributed by atoms with Crippen LogP contribution in [0.5, 0.6) is 0 Å². The van der Waals surface area contributed by atoms with E-state index in [-0.39, 0.29) is 12.3 Å². The van der Waals surface area contributed by atoms with Gasteiger partial charge in [-0.15, -0.1) is 11.3 Å². The summed E-state index contributed by atoms with van der Waals surface area (Å²) in [6.07, 6.45) is 1.75. The zero-order valence-corrected chi connectivity index (χ0v) is 15.7. The van der Waals surface area contributed by atoms with Gasteiger partial charge in [0.25, 0.3) is 0 Å². The fourth-order valence-corrected chi connectivity index (χ4v) is 3.95. The molecule has 8 nitrogen and oxygen atoms in total. The van der Waals surface area contributed by atoms with Crippen LogP contribution in [0.25, 0.3) is 10.6 Å². The molecule has 0 fully saturated rings. The number of amides is 2. The van der Waals surface area contributed by atoms with E-state index in [1.165, 1.54) is 29.6 Å². The summed E-state index contributed by atoms with van der Waals surface area (Å²) in [6.45, 7) is 3.33. The summed E-state index contributed by atoms with van der Waals surface area (Å²) in [4.78, 5) is 36.1. The molecule has 0 saturated carbocycles. The molecule has 4 N–H and O–H groups in total. The van der Waals surface area contributed by atoms with Gasteiger partial charge in [0.2, 0.25) is 11.8 Å². The fourth-order valence-electron chi connectivity index (χ4n) is 2.18. The number of hydrogen-bond donors (Lipinski definition) is 3. The lowest BCUT2D eigenvalue weighted by atomic mass is 10.2. The molecule has 26 heavy (non-hydrogen) atoms. The molecule has 3 aromatic heterocycles. The van der Waals surface area contributed by atoms with Crippen molar-refractivity contribution in [1.82, 2.24) is 15.0 Å². The van der Waals surface area contributed by atoms with E-state index in [0.29, 0.717) is 16.0 Å². The Morgan fingerprint density at radius 3 is 2.69 bits per heavy atom. The van der Waals surface area contributed by atoms with Gasteiger partial charge in [-0.3, -0.25) is 14.6 Å². The van der Waals surface area contributed by atoms with Crippen molar-refractivity contribution in [3.05, 3.63) is 35.1 Å². The smallest absolute Gasteiger partial charge is 0.223 e. The molecule has 0 aliphatic carbocycles. The molecule has 0 aliphatic rings. The number of nitrogens with zero attached hydrogens (tertiary/aromatic N) is 3. The number of anilines is 3. The predicted octanol–water partition coefficient (Wildman–Crippen LogP) is 2.70. The van der Waals surface area contributed by atoms with E-state index in [1.54, 1.807) is 12.3 Å². The molecule has 0 unspecified atom stereocenters. The van der Waals surface area contributed by atoms with E-state index in [9.17, 15) is 9.59 Å². The monoisotopic (exact) mass is 388 g/mol. The summed E-state index contributed by atoms with van der Waals surface area (Å²) in [7, 11) is 0. The highest BCUT2D eigenvalue weighted by atomic mass is 32.1. The van der Waals surface area contributed by atoms with Gasteiger partial charge in [0, 0.05) is 18.0 Å². The average Bonchev–Trinajstić information content (AvgIpc) is 3.14. The maximum absolute atomic E-state index is 11.2. The minimum atomic E-state index is -0.415. The molecule has 134 valence electrons. The largest absolute Gasteiger partial charge is 0.369 e. The number of nitrogens with two attached hydrogens (primary N) is 1. The van der Waals surface area contributed by atoms with E-state index in [2.05, 4.69) is 25.6 Å². The summed E-state index contributed by atoms with van der Waals surface area (Å²) < 4.78 is 0. The zero-order chi connectivity index (χ0) is 18.7. The van der Waals surface area contributed by atoms with E-state index >= 15 is 0 Å². The number of rotatable bonds is 6. The van der Waals surface area contributed by atoms with Crippen LogP contribution in [0.4, 0.5) is 16.0 Å². The summed E-state index contributed by atoms with van der Waals surface area (Å²) in [5.41, 5.74) is 8.14. The number of aryl methyl sites for hydroxylation is 1. The van der Waals surface area contributed by atoms with E-state index in [4.69, 9.17) is 5.73 Å². The summed E-state index contributed by atoms with van der Waals surface area (Å²) in [5.74, 6) is -0.570. The van der Waals surface area contributed by atoms with Crippen LogP contribution in [-0.2, 0) is 16.0 Å². The number of carbonyl (C=O) groups is 2. The number of hydrogen-bond acceptors (Lipinski definition) is 8. The van der Waals surface area contributed by atoms with Crippen molar-refractivity contribution in [3.63, 3.8) is 0 Å². The minimum Gasteiger partial charge on any atom is -0.369 e. The van der Waals surface area contributed by atoms with E-state index in [1.807, 2.05) is 18.4 Å². The molecule has 0 radical (unpaired) electrons. The molecule has 2 amide bonds. The predicted molar refractivity (Wildman–Crippen MR) is 103 cm³/mol. The van der Waals surface area contributed by atoms with Gasteiger partial charge < -0.3 is 16.4 Å². The van der Waals surface area contributed by atoms with Crippen molar-refractivity contribution in [2.45, 2.75) is 20.3 Å². The maximum atomic E-state index is 11.2. The Morgan fingerprint density at radius 1 is 1.23 bits per heavy atom. The molecule has 3 heterocycles. The first kappa shape index (κ1) is 18.0. The van der Waals surface area contributed by atoms with Crippen molar-refractivity contribution >= 4 is 50.4 Å². The molecule has 0 saturated heterocycles. The van der Waals surface area contributed by atoms with Crippen LogP contribution in [0.1, 0.15) is 18.3 Å². The lowest BCUT2D eigenvalue weighted by molar-refractivity contribution is -0.117. The molecule has 0 atom stereocenters. The van der Waals surface area contributed by atoms with E-state index < -0.39 is 5.91 Å². The van der Waals surface area contributed by atoms with Crippen LogP contribution >= 0.6 is 22.7 Å². The molecular weight excluding hydrogens is 372 g/mol. The zero-order valence-electron chi connectivity index (χ0n) is 14.1. The summed E-state index contributed by atoms with van der Waals surface area (Å²) in [6, 6.07) is 3.56. The Morgan fingerprint density at radius 2 is 2.04 bits per heavy atom. The van der Waals surface area contributed by atoms with E-state index in [0.717, 1.165) is 22.0 Å². The lowest BCUT2D eigenvalue weighted by Gasteiger charge is -2.03. The van der Waals surface area contributed by atoms with Crippen LogP contribution in [0.2, 0.25) is 0 Å². The van der Waals surface area contributed by atoms with Crippen LogP contribution in [0, 0.1) is 6.92 Å². The SMILES string of the molecule is CC(=O)Nc1nc(C)c(-c2csc(Nc3ccc(CC(N)=O)nc3)n2)s1. The number of pyridine rings is 1. The van der Waals surface area contributed by atoms with Crippen LogP contribution < -0.4 is 16.4 Å². The lowest BCUT2D eigenvalue weighted by Crippen LogP contribution is -2.14. The van der Waals surface area contributed by atoms with Gasteiger partial charge in [0.05, 0.1) is 34.6 Å². The second-order valence-electron chi connectivity index (χ2n) is 5.46. The summed E-state index contributed by atoms with van der Waals surface area (Å²) in [5, 5.41) is 9.05. The number of thiazole rings is 2. The minimum absolute atomic E-state index is 0.114. The van der Waals surface area contributed by atoms with Crippen LogP contribution in [0.3, 0.4) is 0 Å². The topological polar surface area (TPSA) is 123 Å². The Labute approximate surface area is 157 Å². The molecule has 0 bridgehead atoms. The molecule has 10 heteroatoms. The number of primary amides is 1. The molecule has 0 aromatic carbocycles. The highest BCUT2D eigenvalue weighted by Gasteiger charge is 2.14. The third-order valence-electron chi connectivity index (χ3n) is 3.25. The molecule has 3 aromatic rings. The normalized spacial score (nSPS) is 10.5. The summed E-state index contributed by atoms with van der Waals surface area (Å²) >= 11 is 2.84. The first-order valence-corrected chi connectivity index (χ1v) is 9.31. The van der Waals surface area contributed by atoms with Crippen LogP contribution in [-0.4, -0.2) is 26.8 Å². The van der Waals surface area contributed by atoms with Gasteiger partial charge in [0.1, 0.15) is 0 Å². The van der Waals surface area contributed by atoms with Gasteiger partial charge in [-0.1, -0.05) is 11.3 Å². The Bertz CT molecular complexity index is 948. The van der Waals surface area contributed by atoms with Gasteiger partial charge in [0.15, 0.2) is 10.3 Å². The van der Waals surface area contributed by atoms with Gasteiger partial charge >= 0.3 is 0 Å². The molecular formula is C16H16N6O2S2. The highest BCUT2D eigenvalue weighted by molar-refractivity contribution is 7.20. The van der Waals surface area contributed by atoms with Crippen molar-refractivity contribution in [2.24, 2.45) is 5.73 Å². The molecule has 0 aliphatic heterocycles. The van der Waals surface area contributed by atoms with Gasteiger partial charge in [-0.2, -0.15) is 0 Å². The second kappa shape index (κ2) is 7.58. The standard InChI is InChI=1S/C16H16N6O2S2/c1-8-14(26-16(19-8)20-9(2)23)12-7-25-15(22-12)21-11-4-3-10(18-6-11)5-13(17)24/h3-4,6-7H,5H2,1-2H3,(H2,17,24)(H,21,22)(H,19,20,23). The average molecular weight is 388 g/mol. The molecule has 3 rings (SSSR count). The first-order chi connectivity index (χ1) is 12.4. The maximum Gasteiger partial charge on any atom is 0.223 e. The number of aromatic nitrogens is 3. The fraction of sp³-hybridized carbons (Fsp3) is 0.188. The quantitative estimate of drug-likeness (QED) is 0.597. The third kappa shape index (κ3) is 4.41. The Kier molecular flexibility index (Phi) is 5.24. The second-order valence-corrected chi connectivity index (χ2v) is 7.32. The highest BCUT2D eigenvalue weighted by Crippen LogP contribution is 2.35. The number of nitrogens with one attached hydrogen (secondary N) is 2. The van der Waals surface area contributed by atoms with Gasteiger partial charge in [-0.25, -0.2) is 9.97 Å². The van der Waals surface area contributed by atoms with Crippen molar-refractivity contribution in [3.8, 4) is 10.6 Å². The number of carbonyl (C=O) groups excluding carboxylic acids is 2. The molecule has 0 spiro atoms.